The maximum absolute atomic E-state index is 11.5. The monoisotopic (exact) mass is 244 g/mol. The lowest BCUT2D eigenvalue weighted by molar-refractivity contribution is -0.139. The zero-order chi connectivity index (χ0) is 13.1. The highest BCUT2D eigenvalue weighted by molar-refractivity contribution is 5.80. The van der Waals surface area contributed by atoms with Gasteiger partial charge in [-0.2, -0.15) is 0 Å². The summed E-state index contributed by atoms with van der Waals surface area (Å²) in [5.41, 5.74) is 2.42. The van der Waals surface area contributed by atoms with Gasteiger partial charge in [-0.05, 0) is 35.3 Å². The molecule has 3 atom stereocenters. The lowest BCUT2D eigenvalue weighted by atomic mass is 9.71. The number of hydrogen-bond donors (Lipinski definition) is 1. The molecule has 0 aromatic heterocycles. The van der Waals surface area contributed by atoms with Gasteiger partial charge in [0.2, 0.25) is 0 Å². The first-order valence-corrected chi connectivity index (χ1v) is 6.75. The van der Waals surface area contributed by atoms with Crippen molar-refractivity contribution in [2.75, 3.05) is 0 Å². The van der Waals surface area contributed by atoms with Gasteiger partial charge in [-0.15, -0.1) is 0 Å². The van der Waals surface area contributed by atoms with E-state index in [1.54, 1.807) is 0 Å². The van der Waals surface area contributed by atoms with Crippen LogP contribution in [0.3, 0.4) is 0 Å². The van der Waals surface area contributed by atoms with Crippen LogP contribution in [0.15, 0.2) is 24.3 Å². The number of carboxylic acid groups (broad SMARTS) is 1. The molecule has 3 unspecified atom stereocenters. The first-order valence-electron chi connectivity index (χ1n) is 6.75. The van der Waals surface area contributed by atoms with Crippen LogP contribution in [0.4, 0.5) is 0 Å². The molecule has 3 rings (SSSR count). The minimum Gasteiger partial charge on any atom is -0.481 e. The van der Waals surface area contributed by atoms with E-state index in [0.717, 1.165) is 12.8 Å². The van der Waals surface area contributed by atoms with Gasteiger partial charge in [0.05, 0.1) is 5.92 Å². The van der Waals surface area contributed by atoms with Crippen LogP contribution in [0.5, 0.6) is 0 Å². The largest absolute Gasteiger partial charge is 0.481 e. The summed E-state index contributed by atoms with van der Waals surface area (Å²) >= 11 is 0. The van der Waals surface area contributed by atoms with E-state index in [0.29, 0.717) is 5.92 Å². The molecule has 0 bridgehead atoms. The fourth-order valence-electron chi connectivity index (χ4n) is 4.41. The Bertz CT molecular complexity index is 518. The first kappa shape index (κ1) is 11.8. The molecule has 18 heavy (non-hydrogen) atoms. The van der Waals surface area contributed by atoms with Crippen LogP contribution >= 0.6 is 0 Å². The van der Waals surface area contributed by atoms with Gasteiger partial charge in [-0.1, -0.05) is 45.0 Å². The molecule has 2 nitrogen and oxygen atoms in total. The highest BCUT2D eigenvalue weighted by Crippen LogP contribution is 2.74. The molecular weight excluding hydrogens is 224 g/mol. The summed E-state index contributed by atoms with van der Waals surface area (Å²) in [6.45, 7) is 6.47. The third-order valence-corrected chi connectivity index (χ3v) is 5.47. The number of rotatable bonds is 1. The normalized spacial score (nSPS) is 36.2. The van der Waals surface area contributed by atoms with E-state index in [9.17, 15) is 9.90 Å². The van der Waals surface area contributed by atoms with E-state index in [2.05, 4.69) is 39.0 Å². The molecule has 0 heterocycles. The van der Waals surface area contributed by atoms with Crippen molar-refractivity contribution >= 4 is 5.97 Å². The fraction of sp³-hybridized carbons (Fsp3) is 0.562. The van der Waals surface area contributed by atoms with E-state index < -0.39 is 5.97 Å². The van der Waals surface area contributed by atoms with Gasteiger partial charge in [-0.25, -0.2) is 0 Å². The standard InChI is InChI=1S/C16H20O2/c1-10-8-9-16(12-7-5-4-6-11(10)12)13(14(17)18)15(16,2)3/h4-7,10,13H,8-9H2,1-3H3,(H,17,18). The fourth-order valence-corrected chi connectivity index (χ4v) is 4.41. The van der Waals surface area contributed by atoms with E-state index in [4.69, 9.17) is 0 Å². The Kier molecular flexibility index (Phi) is 2.20. The summed E-state index contributed by atoms with van der Waals surface area (Å²) in [6.07, 6.45) is 2.11. The Hall–Kier alpha value is -1.31. The van der Waals surface area contributed by atoms with Gasteiger partial charge >= 0.3 is 5.97 Å². The highest BCUT2D eigenvalue weighted by Gasteiger charge is 2.75. The Labute approximate surface area is 108 Å². The van der Waals surface area contributed by atoms with Gasteiger partial charge in [0.25, 0.3) is 0 Å². The Morgan fingerprint density at radius 3 is 2.61 bits per heavy atom. The van der Waals surface area contributed by atoms with Crippen molar-refractivity contribution in [3.8, 4) is 0 Å². The topological polar surface area (TPSA) is 37.3 Å². The van der Waals surface area contributed by atoms with Crippen molar-refractivity contribution in [3.63, 3.8) is 0 Å². The van der Waals surface area contributed by atoms with Crippen LogP contribution in [-0.4, -0.2) is 11.1 Å². The summed E-state index contributed by atoms with van der Waals surface area (Å²) in [6, 6.07) is 8.44. The maximum Gasteiger partial charge on any atom is 0.308 e. The number of carboxylic acids is 1. The molecule has 0 amide bonds. The lowest BCUT2D eigenvalue weighted by Gasteiger charge is -2.32. The van der Waals surface area contributed by atoms with Crippen LogP contribution < -0.4 is 0 Å². The van der Waals surface area contributed by atoms with Crippen molar-refractivity contribution < 1.29 is 9.90 Å². The second kappa shape index (κ2) is 3.37. The summed E-state index contributed by atoms with van der Waals surface area (Å²) < 4.78 is 0. The first-order chi connectivity index (χ1) is 8.43. The zero-order valence-electron chi connectivity index (χ0n) is 11.2. The third-order valence-electron chi connectivity index (χ3n) is 5.47. The van der Waals surface area contributed by atoms with Gasteiger partial charge in [0.1, 0.15) is 0 Å². The Morgan fingerprint density at radius 2 is 2.00 bits per heavy atom. The van der Waals surface area contributed by atoms with E-state index >= 15 is 0 Å². The molecule has 1 fully saturated rings. The molecule has 1 N–H and O–H groups in total. The molecule has 2 aliphatic rings. The molecule has 1 saturated carbocycles. The van der Waals surface area contributed by atoms with E-state index in [1.807, 2.05) is 6.07 Å². The van der Waals surface area contributed by atoms with E-state index in [1.165, 1.54) is 11.1 Å². The van der Waals surface area contributed by atoms with Crippen molar-refractivity contribution in [3.05, 3.63) is 35.4 Å². The van der Waals surface area contributed by atoms with Crippen molar-refractivity contribution in [2.45, 2.75) is 44.9 Å². The molecule has 0 aliphatic heterocycles. The Balaban J connectivity index is 2.17. The Morgan fingerprint density at radius 1 is 1.33 bits per heavy atom. The number of aliphatic carboxylic acids is 1. The highest BCUT2D eigenvalue weighted by atomic mass is 16.4. The van der Waals surface area contributed by atoms with E-state index in [-0.39, 0.29) is 16.7 Å². The van der Waals surface area contributed by atoms with Crippen molar-refractivity contribution in [2.24, 2.45) is 11.3 Å². The van der Waals surface area contributed by atoms with Crippen molar-refractivity contribution in [1.29, 1.82) is 0 Å². The van der Waals surface area contributed by atoms with Crippen LogP contribution in [0.25, 0.3) is 0 Å². The van der Waals surface area contributed by atoms with Crippen LogP contribution in [0, 0.1) is 11.3 Å². The molecule has 2 aliphatic carbocycles. The predicted molar refractivity (Wildman–Crippen MR) is 70.7 cm³/mol. The summed E-state index contributed by atoms with van der Waals surface area (Å²) in [4.78, 5) is 11.5. The van der Waals surface area contributed by atoms with Gasteiger partial charge in [0, 0.05) is 5.41 Å². The van der Waals surface area contributed by atoms with Crippen LogP contribution in [0.1, 0.15) is 50.7 Å². The average Bonchev–Trinajstić information content (AvgIpc) is 2.82. The lowest BCUT2D eigenvalue weighted by Crippen LogP contribution is -2.24. The zero-order valence-corrected chi connectivity index (χ0v) is 11.2. The van der Waals surface area contributed by atoms with Gasteiger partial charge < -0.3 is 5.11 Å². The number of hydrogen-bond acceptors (Lipinski definition) is 1. The van der Waals surface area contributed by atoms with Gasteiger partial charge in [0.15, 0.2) is 0 Å². The average molecular weight is 244 g/mol. The molecule has 1 aromatic rings. The number of benzene rings is 1. The quantitative estimate of drug-likeness (QED) is 0.820. The SMILES string of the molecule is CC1CCC2(c3ccccc31)C(C(=O)O)C2(C)C. The predicted octanol–water partition coefficient (Wildman–Crippen LogP) is 3.56. The summed E-state index contributed by atoms with van der Waals surface area (Å²) in [5.74, 6) is -0.305. The second-order valence-corrected chi connectivity index (χ2v) is 6.49. The minimum atomic E-state index is -0.635. The smallest absolute Gasteiger partial charge is 0.308 e. The molecular formula is C16H20O2. The number of fused-ring (bicyclic) bond motifs is 2. The van der Waals surface area contributed by atoms with Crippen LogP contribution in [0.2, 0.25) is 0 Å². The molecule has 1 spiro atoms. The summed E-state index contributed by atoms with van der Waals surface area (Å²) in [5, 5.41) is 9.50. The molecule has 0 saturated heterocycles. The molecule has 0 radical (unpaired) electrons. The maximum atomic E-state index is 11.5. The van der Waals surface area contributed by atoms with Gasteiger partial charge in [-0.3, -0.25) is 4.79 Å². The van der Waals surface area contributed by atoms with Crippen molar-refractivity contribution in [1.82, 2.24) is 0 Å². The summed E-state index contributed by atoms with van der Waals surface area (Å²) in [7, 11) is 0. The molecule has 1 aromatic carbocycles. The third kappa shape index (κ3) is 1.16. The van der Waals surface area contributed by atoms with Crippen LogP contribution in [-0.2, 0) is 10.2 Å². The molecule has 96 valence electrons. The minimum absolute atomic E-state index is 0.116. The second-order valence-electron chi connectivity index (χ2n) is 6.49. The number of carbonyl (C=O) groups is 1. The molecule has 2 heteroatoms.